The van der Waals surface area contributed by atoms with Crippen LogP contribution in [0.15, 0.2) is 106 Å². The lowest BCUT2D eigenvalue weighted by Crippen LogP contribution is -2.23. The summed E-state index contributed by atoms with van der Waals surface area (Å²) in [5, 5.41) is 4.81. The SMILES string of the molecule is CC(=NNC(=O)c1ccccc1OCc1ccc(Cl)cc1)c1ccc(S(=O)(=O)NCc2ccco2)cc1. The summed E-state index contributed by atoms with van der Waals surface area (Å²) in [5.74, 6) is 0.489. The third-order valence-corrected chi connectivity index (χ3v) is 7.03. The van der Waals surface area contributed by atoms with Gasteiger partial charge in [-0.3, -0.25) is 4.79 Å². The van der Waals surface area contributed by atoms with Gasteiger partial charge in [0.25, 0.3) is 5.91 Å². The van der Waals surface area contributed by atoms with Gasteiger partial charge in [-0.1, -0.05) is 48.0 Å². The molecule has 1 aromatic heterocycles. The van der Waals surface area contributed by atoms with Gasteiger partial charge in [-0.2, -0.15) is 5.10 Å². The van der Waals surface area contributed by atoms with Gasteiger partial charge in [-0.05, 0) is 66.6 Å². The quantitative estimate of drug-likeness (QED) is 0.215. The number of carbonyl (C=O) groups is 1. The van der Waals surface area contributed by atoms with E-state index < -0.39 is 15.9 Å². The average Bonchev–Trinajstić information content (AvgIpc) is 3.44. The smallest absolute Gasteiger partial charge is 0.275 e. The van der Waals surface area contributed by atoms with Gasteiger partial charge in [0.1, 0.15) is 18.1 Å². The van der Waals surface area contributed by atoms with Gasteiger partial charge in [-0.25, -0.2) is 18.6 Å². The Balaban J connectivity index is 1.38. The van der Waals surface area contributed by atoms with Crippen molar-refractivity contribution < 1.29 is 22.4 Å². The highest BCUT2D eigenvalue weighted by Gasteiger charge is 2.15. The van der Waals surface area contributed by atoms with E-state index in [1.165, 1.54) is 18.4 Å². The summed E-state index contributed by atoms with van der Waals surface area (Å²) in [6.45, 7) is 2.03. The lowest BCUT2D eigenvalue weighted by Gasteiger charge is -2.11. The summed E-state index contributed by atoms with van der Waals surface area (Å²) in [6.07, 6.45) is 1.48. The van der Waals surface area contributed by atoms with Crippen molar-refractivity contribution in [3.8, 4) is 5.75 Å². The summed E-state index contributed by atoms with van der Waals surface area (Å²) in [6, 6.07) is 23.7. The molecule has 0 unspecified atom stereocenters. The molecule has 10 heteroatoms. The number of sulfonamides is 1. The predicted octanol–water partition coefficient (Wildman–Crippen LogP) is 5.14. The largest absolute Gasteiger partial charge is 0.488 e. The molecule has 190 valence electrons. The normalized spacial score (nSPS) is 11.8. The Morgan fingerprint density at radius 1 is 0.973 bits per heavy atom. The molecule has 0 aliphatic carbocycles. The number of hydrazone groups is 1. The summed E-state index contributed by atoms with van der Waals surface area (Å²) >= 11 is 5.92. The lowest BCUT2D eigenvalue weighted by atomic mass is 10.1. The van der Waals surface area contributed by atoms with Crippen molar-refractivity contribution >= 4 is 33.2 Å². The zero-order valence-electron chi connectivity index (χ0n) is 19.8. The Labute approximate surface area is 220 Å². The van der Waals surface area contributed by atoms with Gasteiger partial charge >= 0.3 is 0 Å². The lowest BCUT2D eigenvalue weighted by molar-refractivity contribution is 0.0950. The maximum absolute atomic E-state index is 12.8. The van der Waals surface area contributed by atoms with E-state index in [1.807, 2.05) is 12.1 Å². The third kappa shape index (κ3) is 7.07. The molecular weight excluding hydrogens is 514 g/mol. The van der Waals surface area contributed by atoms with Crippen LogP contribution in [0.1, 0.15) is 34.2 Å². The average molecular weight is 538 g/mol. The summed E-state index contributed by atoms with van der Waals surface area (Å²) < 4.78 is 38.5. The number of halogens is 1. The van der Waals surface area contributed by atoms with Gasteiger partial charge in [0, 0.05) is 5.02 Å². The molecule has 8 nitrogen and oxygen atoms in total. The number of hydrogen-bond donors (Lipinski definition) is 2. The second-order valence-corrected chi connectivity index (χ2v) is 10.2. The second-order valence-electron chi connectivity index (χ2n) is 7.98. The first-order valence-corrected chi connectivity index (χ1v) is 13.1. The molecule has 0 bridgehead atoms. The van der Waals surface area contributed by atoms with Crippen molar-refractivity contribution in [1.29, 1.82) is 0 Å². The number of carbonyl (C=O) groups excluding carboxylic acids is 1. The topological polar surface area (TPSA) is 110 Å². The molecule has 0 atom stereocenters. The van der Waals surface area contributed by atoms with Gasteiger partial charge in [0.15, 0.2) is 0 Å². The molecule has 3 aromatic carbocycles. The Kier molecular flexibility index (Phi) is 8.39. The minimum atomic E-state index is -3.71. The van der Waals surface area contributed by atoms with Gasteiger partial charge in [0.05, 0.1) is 29.0 Å². The monoisotopic (exact) mass is 537 g/mol. The van der Waals surface area contributed by atoms with Crippen LogP contribution in [-0.4, -0.2) is 20.0 Å². The zero-order chi connectivity index (χ0) is 26.3. The third-order valence-electron chi connectivity index (χ3n) is 5.36. The number of hydrogen-bond acceptors (Lipinski definition) is 6. The fourth-order valence-electron chi connectivity index (χ4n) is 3.32. The predicted molar refractivity (Wildman–Crippen MR) is 141 cm³/mol. The minimum Gasteiger partial charge on any atom is -0.488 e. The molecule has 0 saturated carbocycles. The van der Waals surface area contributed by atoms with Crippen molar-refractivity contribution in [1.82, 2.24) is 10.1 Å². The molecule has 4 aromatic rings. The minimum absolute atomic E-state index is 0.0501. The maximum Gasteiger partial charge on any atom is 0.275 e. The highest BCUT2D eigenvalue weighted by atomic mass is 35.5. The van der Waals surface area contributed by atoms with Crippen LogP contribution in [0.5, 0.6) is 5.75 Å². The molecule has 4 rings (SSSR count). The molecule has 0 spiro atoms. The first kappa shape index (κ1) is 26.2. The first-order chi connectivity index (χ1) is 17.8. The second kappa shape index (κ2) is 11.9. The highest BCUT2D eigenvalue weighted by Crippen LogP contribution is 2.20. The summed E-state index contributed by atoms with van der Waals surface area (Å²) in [4.78, 5) is 12.9. The van der Waals surface area contributed by atoms with Crippen molar-refractivity contribution in [2.75, 3.05) is 0 Å². The van der Waals surface area contributed by atoms with Crippen LogP contribution in [0.25, 0.3) is 0 Å². The van der Waals surface area contributed by atoms with Crippen LogP contribution in [0.3, 0.4) is 0 Å². The molecule has 0 radical (unpaired) electrons. The van der Waals surface area contributed by atoms with E-state index in [4.69, 9.17) is 20.8 Å². The number of benzene rings is 3. The molecule has 0 fully saturated rings. The van der Waals surface area contributed by atoms with E-state index in [-0.39, 0.29) is 18.0 Å². The van der Waals surface area contributed by atoms with E-state index in [9.17, 15) is 13.2 Å². The molecule has 37 heavy (non-hydrogen) atoms. The number of amides is 1. The Hall–Kier alpha value is -3.92. The summed E-state index contributed by atoms with van der Waals surface area (Å²) in [7, 11) is -3.71. The van der Waals surface area contributed by atoms with E-state index in [2.05, 4.69) is 15.2 Å². The molecular formula is C27H24ClN3O5S. The zero-order valence-corrected chi connectivity index (χ0v) is 21.4. The first-order valence-electron chi connectivity index (χ1n) is 11.3. The number of rotatable bonds is 10. The van der Waals surface area contributed by atoms with Crippen LogP contribution in [-0.2, 0) is 23.2 Å². The molecule has 1 amide bonds. The van der Waals surface area contributed by atoms with Gasteiger partial charge in [0.2, 0.25) is 10.0 Å². The van der Waals surface area contributed by atoms with Crippen LogP contribution >= 0.6 is 11.6 Å². The van der Waals surface area contributed by atoms with E-state index in [0.29, 0.717) is 33.4 Å². The van der Waals surface area contributed by atoms with E-state index >= 15 is 0 Å². The maximum atomic E-state index is 12.8. The van der Waals surface area contributed by atoms with Crippen molar-refractivity contribution in [2.24, 2.45) is 5.10 Å². The number of para-hydroxylation sites is 1. The van der Waals surface area contributed by atoms with E-state index in [0.717, 1.165) is 5.56 Å². The fourth-order valence-corrected chi connectivity index (χ4v) is 4.44. The van der Waals surface area contributed by atoms with Crippen LogP contribution < -0.4 is 14.9 Å². The van der Waals surface area contributed by atoms with E-state index in [1.54, 1.807) is 67.6 Å². The fraction of sp³-hybridized carbons (Fsp3) is 0.111. The Bertz CT molecular complexity index is 1480. The molecule has 0 saturated heterocycles. The van der Waals surface area contributed by atoms with Gasteiger partial charge < -0.3 is 9.15 Å². The van der Waals surface area contributed by atoms with Crippen molar-refractivity contribution in [3.05, 3.63) is 119 Å². The standard InChI is InChI=1S/C27H24ClN3O5S/c1-19(21-10-14-24(15-11-21)37(33,34)29-17-23-5-4-16-35-23)30-31-27(32)25-6-2-3-7-26(25)36-18-20-8-12-22(28)13-9-20/h2-16,29H,17-18H2,1H3,(H,31,32). The van der Waals surface area contributed by atoms with Crippen LogP contribution in [0.2, 0.25) is 5.02 Å². The molecule has 2 N–H and O–H groups in total. The Morgan fingerprint density at radius 3 is 2.41 bits per heavy atom. The Morgan fingerprint density at radius 2 is 1.70 bits per heavy atom. The number of furan rings is 1. The van der Waals surface area contributed by atoms with Crippen LogP contribution in [0.4, 0.5) is 0 Å². The van der Waals surface area contributed by atoms with Gasteiger partial charge in [-0.15, -0.1) is 0 Å². The molecule has 0 aliphatic heterocycles. The molecule has 1 heterocycles. The summed E-state index contributed by atoms with van der Waals surface area (Å²) in [5.41, 5.74) is 4.93. The van der Waals surface area contributed by atoms with Crippen LogP contribution in [0, 0.1) is 0 Å². The highest BCUT2D eigenvalue weighted by molar-refractivity contribution is 7.89. The van der Waals surface area contributed by atoms with Crippen molar-refractivity contribution in [3.63, 3.8) is 0 Å². The number of nitrogens with zero attached hydrogens (tertiary/aromatic N) is 1. The number of nitrogens with one attached hydrogen (secondary N) is 2. The van der Waals surface area contributed by atoms with Crippen molar-refractivity contribution in [2.45, 2.75) is 25.0 Å². The molecule has 0 aliphatic rings. The number of ether oxygens (including phenoxy) is 1.